The fraction of sp³-hybridized carbons (Fsp3) is 0.737. The molecular formula is C38H59N3O15S6. The van der Waals surface area contributed by atoms with Crippen LogP contribution < -0.4 is 16.0 Å². The number of rotatable bonds is 34. The van der Waals surface area contributed by atoms with E-state index in [0.717, 1.165) is 51.4 Å². The number of nitrogens with one attached hydrogen (secondary N) is 3. The van der Waals surface area contributed by atoms with Gasteiger partial charge < -0.3 is 46.3 Å². The standard InChI is InChI=1S/C36H57N3O15.C2H2S6/c1-23(40)14-15-24(33(47)48)22-25(41)16-17-26(34(49)50)38-30(43)21-19-28(36(53)54)39-31(44)20-18-27(35(51)52)37-29(42)12-10-8-6-4-2-3-5-7-9-11-13-32(45)46;1-3-5-2(6-4-1)7-8-2/h24,26-28H,2-22H2,1H3,(H,37,42)(H,38,43)(H,39,44)(H,45,46)(H,47,48)(H,49,50)(H,51,52)(H,53,54);1H2/t24-,26+,27+,28+;/m1./s1. The molecule has 2 aliphatic rings. The van der Waals surface area contributed by atoms with Crippen LogP contribution in [0.2, 0.25) is 0 Å². The van der Waals surface area contributed by atoms with Crippen molar-refractivity contribution in [3.8, 4) is 0 Å². The summed E-state index contributed by atoms with van der Waals surface area (Å²) in [6.07, 6.45) is 6.13. The van der Waals surface area contributed by atoms with Crippen LogP contribution in [0.4, 0.5) is 0 Å². The Morgan fingerprint density at radius 1 is 0.468 bits per heavy atom. The molecule has 4 atom stereocenters. The number of carboxylic acids is 5. The molecule has 0 aliphatic carbocycles. The molecule has 24 heteroatoms. The molecule has 2 heterocycles. The quantitative estimate of drug-likeness (QED) is 0.0192. The van der Waals surface area contributed by atoms with Crippen LogP contribution in [0, 0.1) is 5.92 Å². The van der Waals surface area contributed by atoms with Crippen molar-refractivity contribution in [1.29, 1.82) is 0 Å². The van der Waals surface area contributed by atoms with Crippen LogP contribution in [0.5, 0.6) is 0 Å². The highest BCUT2D eigenvalue weighted by atomic mass is 33.2. The van der Waals surface area contributed by atoms with Crippen LogP contribution in [0.3, 0.4) is 0 Å². The number of aliphatic carboxylic acids is 5. The Kier molecular flexibility index (Phi) is 30.3. The van der Waals surface area contributed by atoms with Crippen molar-refractivity contribution < 1.29 is 73.5 Å². The molecule has 3 amide bonds. The van der Waals surface area contributed by atoms with E-state index in [2.05, 4.69) is 16.0 Å². The van der Waals surface area contributed by atoms with Crippen molar-refractivity contribution >= 4 is 124 Å². The fourth-order valence-electron chi connectivity index (χ4n) is 5.79. The molecule has 0 aromatic carbocycles. The number of Topliss-reactive ketones (excluding diaryl/α,β-unsaturated/α-hetero) is 2. The lowest BCUT2D eigenvalue weighted by atomic mass is 9.94. The predicted molar refractivity (Wildman–Crippen MR) is 243 cm³/mol. The van der Waals surface area contributed by atoms with Gasteiger partial charge in [0, 0.05) is 44.9 Å². The van der Waals surface area contributed by atoms with Crippen LogP contribution >= 0.6 is 64.8 Å². The van der Waals surface area contributed by atoms with Crippen LogP contribution in [-0.4, -0.2) is 111 Å². The van der Waals surface area contributed by atoms with Gasteiger partial charge in [0.2, 0.25) is 17.7 Å². The molecule has 1 spiro atoms. The van der Waals surface area contributed by atoms with E-state index in [1.165, 1.54) is 12.0 Å². The molecule has 2 rings (SSSR count). The number of carbonyl (C=O) groups excluding carboxylic acids is 5. The van der Waals surface area contributed by atoms with Crippen molar-refractivity contribution in [1.82, 2.24) is 16.0 Å². The Morgan fingerprint density at radius 2 is 0.855 bits per heavy atom. The topological polar surface area (TPSA) is 308 Å². The van der Waals surface area contributed by atoms with Crippen LogP contribution in [0.15, 0.2) is 0 Å². The molecule has 2 saturated heterocycles. The second-order valence-electron chi connectivity index (χ2n) is 14.6. The molecule has 8 N–H and O–H groups in total. The summed E-state index contributed by atoms with van der Waals surface area (Å²) in [4.78, 5) is 118. The summed E-state index contributed by atoms with van der Waals surface area (Å²) in [5, 5.41) is 54.4. The SMILES string of the molecule is C1SSC2(SS1)SS2.CC(=O)CC[C@H](CC(=O)CC[C@H](NC(=O)CC[C@H](NC(=O)CC[C@H](NC(=O)CCCCCCCCCCCCC(=O)O)C(=O)O)C(=O)O)C(=O)O)C(=O)O. The summed E-state index contributed by atoms with van der Waals surface area (Å²) >= 11 is 0. The number of carboxylic acid groups (broad SMARTS) is 5. The lowest BCUT2D eigenvalue weighted by Crippen LogP contribution is -2.45. The maximum Gasteiger partial charge on any atom is 0.326 e. The van der Waals surface area contributed by atoms with Crippen molar-refractivity contribution in [2.75, 3.05) is 5.08 Å². The number of amides is 3. The number of hydrogen-bond donors (Lipinski definition) is 8. The van der Waals surface area contributed by atoms with E-state index in [1.807, 2.05) is 64.8 Å². The minimum Gasteiger partial charge on any atom is -0.481 e. The Morgan fingerprint density at radius 3 is 1.21 bits per heavy atom. The first-order chi connectivity index (χ1) is 29.3. The first-order valence-corrected chi connectivity index (χ1v) is 27.1. The van der Waals surface area contributed by atoms with Gasteiger partial charge in [-0.15, -0.1) is 0 Å². The minimum absolute atomic E-state index is 0.0396. The van der Waals surface area contributed by atoms with Gasteiger partial charge in [0.25, 0.3) is 0 Å². The van der Waals surface area contributed by atoms with Crippen molar-refractivity contribution in [2.24, 2.45) is 5.92 Å². The molecule has 0 aromatic heterocycles. The van der Waals surface area contributed by atoms with E-state index >= 15 is 0 Å². The van der Waals surface area contributed by atoms with Crippen molar-refractivity contribution in [2.45, 2.75) is 163 Å². The zero-order valence-electron chi connectivity index (χ0n) is 34.6. The van der Waals surface area contributed by atoms with Gasteiger partial charge in [-0.3, -0.25) is 28.8 Å². The normalized spacial score (nSPS) is 15.6. The van der Waals surface area contributed by atoms with Gasteiger partial charge >= 0.3 is 29.8 Å². The van der Waals surface area contributed by atoms with Gasteiger partial charge in [-0.1, -0.05) is 94.5 Å². The third kappa shape index (κ3) is 28.8. The van der Waals surface area contributed by atoms with Gasteiger partial charge in [-0.25, -0.2) is 14.4 Å². The monoisotopic (exact) mass is 989 g/mol. The number of carbonyl (C=O) groups is 10. The second kappa shape index (κ2) is 32.8. The smallest absolute Gasteiger partial charge is 0.326 e. The maximum atomic E-state index is 12.5. The van der Waals surface area contributed by atoms with Crippen LogP contribution in [0.25, 0.3) is 0 Å². The van der Waals surface area contributed by atoms with Gasteiger partial charge in [-0.2, -0.15) is 0 Å². The zero-order chi connectivity index (χ0) is 46.5. The van der Waals surface area contributed by atoms with Crippen LogP contribution in [-0.2, 0) is 47.9 Å². The lowest BCUT2D eigenvalue weighted by Gasteiger charge is -2.18. The molecule has 18 nitrogen and oxygen atoms in total. The Labute approximate surface area is 384 Å². The van der Waals surface area contributed by atoms with Crippen molar-refractivity contribution in [3.63, 3.8) is 0 Å². The molecule has 0 radical (unpaired) electrons. The number of ketones is 2. The molecule has 2 fully saturated rings. The third-order valence-corrected chi connectivity index (χ3v) is 22.2. The molecular weight excluding hydrogens is 931 g/mol. The Bertz CT molecular complexity index is 1510. The zero-order valence-corrected chi connectivity index (χ0v) is 39.5. The number of hydrogen-bond acceptors (Lipinski definition) is 16. The largest absolute Gasteiger partial charge is 0.481 e. The first kappa shape index (κ1) is 57.2. The van der Waals surface area contributed by atoms with Gasteiger partial charge in [-0.05, 0) is 67.0 Å². The summed E-state index contributed by atoms with van der Waals surface area (Å²) in [5.74, 6) is -10.6. The van der Waals surface area contributed by atoms with E-state index < -0.39 is 103 Å². The molecule has 0 aromatic rings. The third-order valence-electron chi connectivity index (χ3n) is 9.28. The Balaban J connectivity index is 0.00000211. The minimum atomic E-state index is -1.59. The van der Waals surface area contributed by atoms with E-state index in [4.69, 9.17) is 5.11 Å². The lowest BCUT2D eigenvalue weighted by molar-refractivity contribution is -0.145. The van der Waals surface area contributed by atoms with Crippen molar-refractivity contribution in [3.05, 3.63) is 0 Å². The van der Waals surface area contributed by atoms with E-state index in [-0.39, 0.29) is 50.7 Å². The van der Waals surface area contributed by atoms with E-state index in [0.29, 0.717) is 15.6 Å². The van der Waals surface area contributed by atoms with Gasteiger partial charge in [0.1, 0.15) is 29.7 Å². The maximum absolute atomic E-state index is 12.5. The average Bonchev–Trinajstić information content (AvgIpc) is 3.95. The summed E-state index contributed by atoms with van der Waals surface area (Å²) in [7, 11) is 12.0. The van der Waals surface area contributed by atoms with Gasteiger partial charge in [0.15, 0.2) is 2.74 Å². The average molecular weight is 990 g/mol. The van der Waals surface area contributed by atoms with E-state index in [9.17, 15) is 68.4 Å². The number of unbranched alkanes of at least 4 members (excludes halogenated alkanes) is 9. The summed E-state index contributed by atoms with van der Waals surface area (Å²) in [6.45, 7) is 1.28. The molecule has 0 saturated carbocycles. The summed E-state index contributed by atoms with van der Waals surface area (Å²) in [6, 6.07) is -4.53. The van der Waals surface area contributed by atoms with E-state index in [1.54, 1.807) is 0 Å². The molecule has 2 aliphatic heterocycles. The molecule has 352 valence electrons. The highest BCUT2D eigenvalue weighted by molar-refractivity contribution is 9.14. The molecule has 0 unspecified atom stereocenters. The summed E-state index contributed by atoms with van der Waals surface area (Å²) < 4.78 is 0.521. The molecule has 0 bridgehead atoms. The Hall–Kier alpha value is -2.80. The highest BCUT2D eigenvalue weighted by Crippen LogP contribution is 2.83. The van der Waals surface area contributed by atoms with Gasteiger partial charge in [0.05, 0.1) is 11.0 Å². The highest BCUT2D eigenvalue weighted by Gasteiger charge is 2.50. The van der Waals surface area contributed by atoms with Crippen LogP contribution in [0.1, 0.15) is 142 Å². The first-order valence-electron chi connectivity index (χ1n) is 20.3. The molecule has 62 heavy (non-hydrogen) atoms. The second-order valence-corrected chi connectivity index (χ2v) is 24.1. The summed E-state index contributed by atoms with van der Waals surface area (Å²) in [5.41, 5.74) is 0. The fourth-order valence-corrected chi connectivity index (χ4v) is 18.8. The predicted octanol–water partition coefficient (Wildman–Crippen LogP) is 6.56.